The van der Waals surface area contributed by atoms with Crippen LogP contribution in [0.2, 0.25) is 0 Å². The van der Waals surface area contributed by atoms with Crippen molar-refractivity contribution in [1.82, 2.24) is 19.7 Å². The van der Waals surface area contributed by atoms with Crippen LogP contribution in [0.4, 0.5) is 5.13 Å². The van der Waals surface area contributed by atoms with Gasteiger partial charge in [0.05, 0.1) is 23.1 Å². The molecular weight excluding hydrogens is 286 g/mol. The fourth-order valence-electron chi connectivity index (χ4n) is 1.92. The number of nitrogens with zero attached hydrogens (tertiary/aromatic N) is 4. The van der Waals surface area contributed by atoms with Crippen molar-refractivity contribution in [2.24, 2.45) is 0 Å². The first-order valence-corrected chi connectivity index (χ1v) is 7.22. The zero-order chi connectivity index (χ0) is 14.8. The normalized spacial score (nSPS) is 10.6. The van der Waals surface area contributed by atoms with Crippen molar-refractivity contribution >= 4 is 22.4 Å². The highest BCUT2D eigenvalue weighted by Gasteiger charge is 2.16. The second-order valence-electron chi connectivity index (χ2n) is 4.49. The number of aromatic nitrogens is 4. The number of carbonyl (C=O) groups is 1. The Morgan fingerprint density at radius 1 is 1.33 bits per heavy atom. The molecule has 0 saturated carbocycles. The summed E-state index contributed by atoms with van der Waals surface area (Å²) >= 11 is 1.40. The van der Waals surface area contributed by atoms with E-state index in [0.717, 1.165) is 11.4 Å². The number of hydrogen-bond donors (Lipinski definition) is 1. The molecule has 1 amide bonds. The molecule has 0 spiro atoms. The summed E-state index contributed by atoms with van der Waals surface area (Å²) in [5, 5.41) is 9.48. The van der Waals surface area contributed by atoms with Gasteiger partial charge in [0.1, 0.15) is 0 Å². The van der Waals surface area contributed by atoms with Gasteiger partial charge >= 0.3 is 0 Å². The molecular formula is C14H13N5OS. The Kier molecular flexibility index (Phi) is 3.49. The third-order valence-corrected chi connectivity index (χ3v) is 3.84. The number of pyridine rings is 1. The summed E-state index contributed by atoms with van der Waals surface area (Å²) in [5.74, 6) is 0.461. The van der Waals surface area contributed by atoms with E-state index in [2.05, 4.69) is 20.4 Å². The number of aryl methyl sites for hydroxylation is 1. The topological polar surface area (TPSA) is 72.7 Å². The highest BCUT2D eigenvalue weighted by Crippen LogP contribution is 2.17. The molecule has 0 bridgehead atoms. The van der Waals surface area contributed by atoms with Gasteiger partial charge in [0, 0.05) is 11.6 Å². The van der Waals surface area contributed by atoms with Crippen molar-refractivity contribution < 1.29 is 4.79 Å². The Balaban J connectivity index is 1.87. The van der Waals surface area contributed by atoms with Crippen LogP contribution in [0.25, 0.3) is 5.82 Å². The van der Waals surface area contributed by atoms with E-state index < -0.39 is 0 Å². The molecule has 0 aliphatic carbocycles. The van der Waals surface area contributed by atoms with E-state index in [4.69, 9.17) is 0 Å². The molecule has 21 heavy (non-hydrogen) atoms. The first kappa shape index (κ1) is 13.4. The molecule has 3 aromatic rings. The van der Waals surface area contributed by atoms with Crippen molar-refractivity contribution in [2.75, 3.05) is 5.32 Å². The third kappa shape index (κ3) is 2.68. The Morgan fingerprint density at radius 3 is 2.86 bits per heavy atom. The zero-order valence-corrected chi connectivity index (χ0v) is 12.4. The van der Waals surface area contributed by atoms with Crippen LogP contribution >= 0.6 is 11.3 Å². The number of hydrogen-bond acceptors (Lipinski definition) is 5. The van der Waals surface area contributed by atoms with E-state index in [1.807, 2.05) is 37.4 Å². The van der Waals surface area contributed by atoms with Gasteiger partial charge in [0.2, 0.25) is 0 Å². The Hall–Kier alpha value is -2.54. The van der Waals surface area contributed by atoms with Crippen LogP contribution in [0.1, 0.15) is 21.7 Å². The summed E-state index contributed by atoms with van der Waals surface area (Å²) in [6, 6.07) is 5.55. The van der Waals surface area contributed by atoms with Crippen molar-refractivity contribution in [3.05, 3.63) is 52.9 Å². The maximum atomic E-state index is 12.3. The molecule has 0 fully saturated rings. The van der Waals surface area contributed by atoms with Gasteiger partial charge in [-0.1, -0.05) is 6.07 Å². The van der Waals surface area contributed by atoms with Gasteiger partial charge in [0.15, 0.2) is 10.9 Å². The summed E-state index contributed by atoms with van der Waals surface area (Å²) in [4.78, 5) is 20.7. The number of amides is 1. The molecule has 106 valence electrons. The largest absolute Gasteiger partial charge is 0.298 e. The summed E-state index contributed by atoms with van der Waals surface area (Å²) in [5.41, 5.74) is 2.13. The molecule has 3 rings (SSSR count). The Bertz CT molecular complexity index is 778. The molecule has 0 radical (unpaired) electrons. The monoisotopic (exact) mass is 299 g/mol. The van der Waals surface area contributed by atoms with Crippen molar-refractivity contribution in [1.29, 1.82) is 0 Å². The smallest absolute Gasteiger partial charge is 0.260 e. The number of anilines is 1. The van der Waals surface area contributed by atoms with Crippen LogP contribution in [0.3, 0.4) is 0 Å². The molecule has 0 aliphatic heterocycles. The minimum atomic E-state index is -0.218. The zero-order valence-electron chi connectivity index (χ0n) is 11.6. The first-order chi connectivity index (χ1) is 10.1. The molecule has 3 aromatic heterocycles. The predicted octanol–water partition coefficient (Wildman–Crippen LogP) is 2.59. The molecule has 0 saturated heterocycles. The minimum absolute atomic E-state index is 0.218. The molecule has 0 aromatic carbocycles. The van der Waals surface area contributed by atoms with Crippen LogP contribution in [0.15, 0.2) is 36.0 Å². The number of nitrogens with one attached hydrogen (secondary N) is 1. The van der Waals surface area contributed by atoms with E-state index in [9.17, 15) is 4.79 Å². The van der Waals surface area contributed by atoms with Gasteiger partial charge < -0.3 is 0 Å². The Morgan fingerprint density at radius 2 is 2.19 bits per heavy atom. The lowest BCUT2D eigenvalue weighted by Gasteiger charge is -2.04. The van der Waals surface area contributed by atoms with Gasteiger partial charge in [-0.3, -0.25) is 10.1 Å². The number of thiazole rings is 1. The van der Waals surface area contributed by atoms with Gasteiger partial charge in [-0.25, -0.2) is 14.6 Å². The standard InChI is InChI=1S/C14H13N5OS/c1-9-8-21-14(17-9)18-13(20)11-7-16-19(10(11)2)12-5-3-4-6-15-12/h3-8H,1-2H3,(H,17,18,20). The van der Waals surface area contributed by atoms with Crippen molar-refractivity contribution in [3.8, 4) is 5.82 Å². The molecule has 1 N–H and O–H groups in total. The van der Waals surface area contributed by atoms with Crippen LogP contribution in [0.5, 0.6) is 0 Å². The lowest BCUT2D eigenvalue weighted by atomic mass is 10.2. The van der Waals surface area contributed by atoms with E-state index in [-0.39, 0.29) is 5.91 Å². The van der Waals surface area contributed by atoms with Crippen LogP contribution in [-0.2, 0) is 0 Å². The van der Waals surface area contributed by atoms with Crippen LogP contribution in [-0.4, -0.2) is 25.7 Å². The first-order valence-electron chi connectivity index (χ1n) is 6.34. The maximum Gasteiger partial charge on any atom is 0.260 e. The molecule has 7 heteroatoms. The summed E-state index contributed by atoms with van der Waals surface area (Å²) in [6.45, 7) is 3.72. The molecule has 0 atom stereocenters. The van der Waals surface area contributed by atoms with Gasteiger partial charge in [0.25, 0.3) is 5.91 Å². The Labute approximate surface area is 125 Å². The molecule has 6 nitrogen and oxygen atoms in total. The van der Waals surface area contributed by atoms with Crippen molar-refractivity contribution in [2.45, 2.75) is 13.8 Å². The van der Waals surface area contributed by atoms with Crippen molar-refractivity contribution in [3.63, 3.8) is 0 Å². The van der Waals surface area contributed by atoms with E-state index in [0.29, 0.717) is 16.5 Å². The van der Waals surface area contributed by atoms with Gasteiger partial charge in [-0.2, -0.15) is 5.10 Å². The van der Waals surface area contributed by atoms with E-state index in [1.54, 1.807) is 17.1 Å². The van der Waals surface area contributed by atoms with E-state index >= 15 is 0 Å². The number of carbonyl (C=O) groups excluding carboxylic acids is 1. The quantitative estimate of drug-likeness (QED) is 0.807. The highest BCUT2D eigenvalue weighted by molar-refractivity contribution is 7.13. The highest BCUT2D eigenvalue weighted by atomic mass is 32.1. The SMILES string of the molecule is Cc1csc(NC(=O)c2cnn(-c3ccccn3)c2C)n1. The average Bonchev–Trinajstić information content (AvgIpc) is 3.06. The molecule has 3 heterocycles. The van der Waals surface area contributed by atoms with Gasteiger partial charge in [-0.05, 0) is 26.0 Å². The molecule has 0 aliphatic rings. The second-order valence-corrected chi connectivity index (χ2v) is 5.35. The van der Waals surface area contributed by atoms with Crippen LogP contribution in [0, 0.1) is 13.8 Å². The average molecular weight is 299 g/mol. The lowest BCUT2D eigenvalue weighted by molar-refractivity contribution is 0.102. The minimum Gasteiger partial charge on any atom is -0.298 e. The summed E-state index contributed by atoms with van der Waals surface area (Å²) in [7, 11) is 0. The fourth-order valence-corrected chi connectivity index (χ4v) is 2.60. The fraction of sp³-hybridized carbons (Fsp3) is 0.143. The third-order valence-electron chi connectivity index (χ3n) is 2.96. The predicted molar refractivity (Wildman–Crippen MR) is 80.9 cm³/mol. The van der Waals surface area contributed by atoms with Crippen LogP contribution < -0.4 is 5.32 Å². The summed E-state index contributed by atoms with van der Waals surface area (Å²) in [6.07, 6.45) is 3.23. The summed E-state index contributed by atoms with van der Waals surface area (Å²) < 4.78 is 1.64. The lowest BCUT2D eigenvalue weighted by Crippen LogP contribution is -2.13. The van der Waals surface area contributed by atoms with Gasteiger partial charge in [-0.15, -0.1) is 11.3 Å². The second kappa shape index (κ2) is 5.45. The molecule has 0 unspecified atom stereocenters. The maximum absolute atomic E-state index is 12.3. The number of rotatable bonds is 3. The van der Waals surface area contributed by atoms with E-state index in [1.165, 1.54) is 11.3 Å².